The van der Waals surface area contributed by atoms with Gasteiger partial charge in [-0.15, -0.1) is 11.3 Å². The number of rotatable bonds is 7. The van der Waals surface area contributed by atoms with E-state index in [-0.39, 0.29) is 12.5 Å². The zero-order chi connectivity index (χ0) is 14.4. The first-order chi connectivity index (χ1) is 9.74. The molecule has 0 aliphatic heterocycles. The van der Waals surface area contributed by atoms with Crippen molar-refractivity contribution in [1.82, 2.24) is 15.3 Å². The topological polar surface area (TPSA) is 66.9 Å². The number of nitrogens with one attached hydrogen (secondary N) is 2. The fourth-order valence-corrected chi connectivity index (χ4v) is 2.79. The maximum Gasteiger partial charge on any atom is 0.239 e. The Hall–Kier alpha value is -1.69. The highest BCUT2D eigenvalue weighted by molar-refractivity contribution is 7.18. The van der Waals surface area contributed by atoms with Crippen LogP contribution in [0, 0.1) is 0 Å². The number of amides is 1. The van der Waals surface area contributed by atoms with Gasteiger partial charge in [0.15, 0.2) is 0 Å². The van der Waals surface area contributed by atoms with E-state index in [1.54, 1.807) is 11.3 Å². The highest BCUT2D eigenvalue weighted by Gasteiger charge is 2.08. The van der Waals surface area contributed by atoms with Crippen LogP contribution in [0.4, 0.5) is 5.82 Å². The molecule has 0 unspecified atom stereocenters. The van der Waals surface area contributed by atoms with Gasteiger partial charge >= 0.3 is 0 Å². The summed E-state index contributed by atoms with van der Waals surface area (Å²) in [4.78, 5) is 22.4. The zero-order valence-electron chi connectivity index (χ0n) is 11.9. The lowest BCUT2D eigenvalue weighted by atomic mass is 10.3. The average molecular weight is 292 g/mol. The standard InChI is InChI=1S/C14H20N4OS/c1-3-5-6-15-12(19)8-16-13-11-7-10(4-2)20-14(11)18-9-17-13/h7,9H,3-6,8H2,1-2H3,(H,15,19)(H,16,17,18). The molecule has 108 valence electrons. The van der Waals surface area contributed by atoms with Crippen molar-refractivity contribution >= 4 is 33.3 Å². The maximum absolute atomic E-state index is 11.7. The average Bonchev–Trinajstić information content (AvgIpc) is 2.89. The number of anilines is 1. The molecule has 2 N–H and O–H groups in total. The lowest BCUT2D eigenvalue weighted by Crippen LogP contribution is -2.30. The summed E-state index contributed by atoms with van der Waals surface area (Å²) in [6, 6.07) is 2.09. The summed E-state index contributed by atoms with van der Waals surface area (Å²) < 4.78 is 0. The zero-order valence-corrected chi connectivity index (χ0v) is 12.7. The first kappa shape index (κ1) is 14.7. The number of aromatic nitrogens is 2. The molecule has 2 aromatic rings. The number of aryl methyl sites for hydroxylation is 1. The molecule has 1 amide bonds. The molecule has 2 aromatic heterocycles. The van der Waals surface area contributed by atoms with Gasteiger partial charge in [0.05, 0.1) is 11.9 Å². The molecule has 0 aliphatic rings. The summed E-state index contributed by atoms with van der Waals surface area (Å²) in [5.41, 5.74) is 0. The fourth-order valence-electron chi connectivity index (χ4n) is 1.85. The Bertz CT molecular complexity index is 582. The van der Waals surface area contributed by atoms with Gasteiger partial charge in [-0.3, -0.25) is 4.79 Å². The van der Waals surface area contributed by atoms with E-state index in [0.717, 1.165) is 41.8 Å². The lowest BCUT2D eigenvalue weighted by Gasteiger charge is -2.07. The van der Waals surface area contributed by atoms with Crippen LogP contribution in [0.3, 0.4) is 0 Å². The number of unbranched alkanes of at least 4 members (excludes halogenated alkanes) is 1. The van der Waals surface area contributed by atoms with Gasteiger partial charge in [-0.2, -0.15) is 0 Å². The normalized spacial score (nSPS) is 10.7. The van der Waals surface area contributed by atoms with Crippen LogP contribution in [0.1, 0.15) is 31.6 Å². The van der Waals surface area contributed by atoms with Gasteiger partial charge in [-0.05, 0) is 18.9 Å². The molecule has 0 atom stereocenters. The highest BCUT2D eigenvalue weighted by Crippen LogP contribution is 2.28. The Morgan fingerprint density at radius 1 is 1.35 bits per heavy atom. The second kappa shape index (κ2) is 7.19. The lowest BCUT2D eigenvalue weighted by molar-refractivity contribution is -0.119. The number of carbonyl (C=O) groups is 1. The van der Waals surface area contributed by atoms with Gasteiger partial charge in [-0.1, -0.05) is 20.3 Å². The van der Waals surface area contributed by atoms with Gasteiger partial charge in [0.25, 0.3) is 0 Å². The van der Waals surface area contributed by atoms with Crippen LogP contribution in [0.25, 0.3) is 10.2 Å². The van der Waals surface area contributed by atoms with Gasteiger partial charge in [0.1, 0.15) is 17.0 Å². The van der Waals surface area contributed by atoms with Crippen molar-refractivity contribution in [3.63, 3.8) is 0 Å². The quantitative estimate of drug-likeness (QED) is 0.770. The van der Waals surface area contributed by atoms with E-state index in [9.17, 15) is 4.79 Å². The molecule has 0 fully saturated rings. The number of carbonyl (C=O) groups excluding carboxylic acids is 1. The summed E-state index contributed by atoms with van der Waals surface area (Å²) in [6.07, 6.45) is 4.61. The van der Waals surface area contributed by atoms with Crippen molar-refractivity contribution in [3.05, 3.63) is 17.3 Å². The number of thiophene rings is 1. The minimum atomic E-state index is -0.00356. The molecule has 5 nitrogen and oxygen atoms in total. The Kier molecular flexibility index (Phi) is 5.29. The van der Waals surface area contributed by atoms with Gasteiger partial charge < -0.3 is 10.6 Å². The molecule has 20 heavy (non-hydrogen) atoms. The molecule has 0 spiro atoms. The summed E-state index contributed by atoms with van der Waals surface area (Å²) in [7, 11) is 0. The van der Waals surface area contributed by atoms with Crippen LogP contribution in [0.5, 0.6) is 0 Å². The van der Waals surface area contributed by atoms with Crippen LogP contribution in [-0.2, 0) is 11.2 Å². The molecule has 0 saturated heterocycles. The van der Waals surface area contributed by atoms with Crippen molar-refractivity contribution < 1.29 is 4.79 Å². The molecule has 0 saturated carbocycles. The van der Waals surface area contributed by atoms with E-state index in [1.165, 1.54) is 11.2 Å². The Balaban J connectivity index is 1.99. The molecular weight excluding hydrogens is 272 g/mol. The van der Waals surface area contributed by atoms with E-state index < -0.39 is 0 Å². The maximum atomic E-state index is 11.7. The summed E-state index contributed by atoms with van der Waals surface area (Å²) in [6.45, 7) is 5.19. The van der Waals surface area contributed by atoms with Crippen LogP contribution >= 0.6 is 11.3 Å². The van der Waals surface area contributed by atoms with Crippen LogP contribution < -0.4 is 10.6 Å². The molecule has 2 rings (SSSR count). The SMILES string of the molecule is CCCCNC(=O)CNc1ncnc2sc(CC)cc12. The predicted molar refractivity (Wildman–Crippen MR) is 83.2 cm³/mol. The summed E-state index contributed by atoms with van der Waals surface area (Å²) in [5.74, 6) is 0.729. The number of nitrogens with zero attached hydrogens (tertiary/aromatic N) is 2. The smallest absolute Gasteiger partial charge is 0.239 e. The van der Waals surface area contributed by atoms with E-state index in [1.807, 2.05) is 0 Å². The highest BCUT2D eigenvalue weighted by atomic mass is 32.1. The van der Waals surface area contributed by atoms with Crippen LogP contribution in [-0.4, -0.2) is 29.0 Å². The van der Waals surface area contributed by atoms with Crippen molar-refractivity contribution in [2.75, 3.05) is 18.4 Å². The largest absolute Gasteiger partial charge is 0.360 e. The van der Waals surface area contributed by atoms with Crippen LogP contribution in [0.15, 0.2) is 12.4 Å². The van der Waals surface area contributed by atoms with Crippen LogP contribution in [0.2, 0.25) is 0 Å². The van der Waals surface area contributed by atoms with E-state index in [4.69, 9.17) is 0 Å². The fraction of sp³-hybridized carbons (Fsp3) is 0.500. The van der Waals surface area contributed by atoms with Crippen molar-refractivity contribution in [2.45, 2.75) is 33.1 Å². The minimum absolute atomic E-state index is 0.00356. The molecule has 0 radical (unpaired) electrons. The van der Waals surface area contributed by atoms with E-state index >= 15 is 0 Å². The number of hydrogen-bond donors (Lipinski definition) is 2. The molecule has 0 aromatic carbocycles. The first-order valence-electron chi connectivity index (χ1n) is 6.98. The Morgan fingerprint density at radius 2 is 2.20 bits per heavy atom. The molecule has 2 heterocycles. The minimum Gasteiger partial charge on any atom is -0.360 e. The van der Waals surface area contributed by atoms with Gasteiger partial charge in [-0.25, -0.2) is 9.97 Å². The summed E-state index contributed by atoms with van der Waals surface area (Å²) in [5, 5.41) is 6.97. The van der Waals surface area contributed by atoms with Crippen molar-refractivity contribution in [2.24, 2.45) is 0 Å². The predicted octanol–water partition coefficient (Wildman–Crippen LogP) is 2.58. The molecule has 0 aliphatic carbocycles. The summed E-state index contributed by atoms with van der Waals surface area (Å²) >= 11 is 1.67. The second-order valence-corrected chi connectivity index (χ2v) is 5.68. The third-order valence-electron chi connectivity index (χ3n) is 3.00. The third-order valence-corrected chi connectivity index (χ3v) is 4.19. The van der Waals surface area contributed by atoms with E-state index in [0.29, 0.717) is 0 Å². The number of hydrogen-bond acceptors (Lipinski definition) is 5. The monoisotopic (exact) mass is 292 g/mol. The third kappa shape index (κ3) is 3.66. The Morgan fingerprint density at radius 3 is 2.95 bits per heavy atom. The van der Waals surface area contributed by atoms with Crippen molar-refractivity contribution in [3.8, 4) is 0 Å². The van der Waals surface area contributed by atoms with Gasteiger partial charge in [0.2, 0.25) is 5.91 Å². The Labute approximate surface area is 122 Å². The van der Waals surface area contributed by atoms with Gasteiger partial charge in [0, 0.05) is 11.4 Å². The number of fused-ring (bicyclic) bond motifs is 1. The molecule has 0 bridgehead atoms. The van der Waals surface area contributed by atoms with Crippen molar-refractivity contribution in [1.29, 1.82) is 0 Å². The first-order valence-corrected chi connectivity index (χ1v) is 7.80. The molecular formula is C14H20N4OS. The second-order valence-electron chi connectivity index (χ2n) is 4.56. The molecule has 6 heteroatoms. The van der Waals surface area contributed by atoms with E-state index in [2.05, 4.69) is 40.5 Å².